The van der Waals surface area contributed by atoms with Gasteiger partial charge in [-0.05, 0) is 24.3 Å². The Balaban J connectivity index is 0.00000280. The minimum Gasteiger partial charge on any atom is -0.497 e. The molecule has 0 spiro atoms. The predicted molar refractivity (Wildman–Crippen MR) is 123 cm³/mol. The fraction of sp³-hybridized carbons (Fsp3) is 0.400. The molecule has 1 N–H and O–H groups in total. The number of hydrogen-bond acceptors (Lipinski definition) is 5. The largest absolute Gasteiger partial charge is 0.497 e. The second-order valence-electron chi connectivity index (χ2n) is 6.16. The Morgan fingerprint density at radius 1 is 1.11 bits per heavy atom. The van der Waals surface area contributed by atoms with E-state index in [4.69, 9.17) is 9.47 Å². The molecule has 1 aliphatic rings. The van der Waals surface area contributed by atoms with Crippen LogP contribution < -0.4 is 19.7 Å². The SMILES string of the molecule is CN=C(NCCOc1cccc(OC)c1)N1CCN(c2ccccn2)CC1.I. The number of aromatic nitrogens is 1. The molecule has 2 heterocycles. The molecule has 1 aliphatic heterocycles. The zero-order chi connectivity index (χ0) is 18.9. The first kappa shape index (κ1) is 22.1. The molecule has 2 aromatic rings. The van der Waals surface area contributed by atoms with Crippen molar-refractivity contribution in [2.75, 3.05) is 58.4 Å². The molecule has 1 aromatic carbocycles. The lowest BCUT2D eigenvalue weighted by Crippen LogP contribution is -2.53. The van der Waals surface area contributed by atoms with Crippen molar-refractivity contribution in [2.24, 2.45) is 4.99 Å². The van der Waals surface area contributed by atoms with E-state index in [0.717, 1.165) is 49.5 Å². The number of piperazine rings is 1. The maximum absolute atomic E-state index is 5.77. The van der Waals surface area contributed by atoms with Gasteiger partial charge in [0, 0.05) is 45.5 Å². The van der Waals surface area contributed by atoms with Crippen LogP contribution in [0.5, 0.6) is 11.5 Å². The van der Waals surface area contributed by atoms with Gasteiger partial charge in [-0.2, -0.15) is 0 Å². The summed E-state index contributed by atoms with van der Waals surface area (Å²) >= 11 is 0. The van der Waals surface area contributed by atoms with Gasteiger partial charge in [0.1, 0.15) is 23.9 Å². The number of ether oxygens (including phenoxy) is 2. The van der Waals surface area contributed by atoms with Crippen LogP contribution in [0.25, 0.3) is 0 Å². The molecular weight excluding hydrogens is 469 g/mol. The van der Waals surface area contributed by atoms with Crippen LogP contribution >= 0.6 is 24.0 Å². The van der Waals surface area contributed by atoms with E-state index < -0.39 is 0 Å². The van der Waals surface area contributed by atoms with Gasteiger partial charge in [-0.25, -0.2) is 4.98 Å². The minimum absolute atomic E-state index is 0. The first-order valence-electron chi connectivity index (χ1n) is 9.18. The Hall–Kier alpha value is -2.23. The van der Waals surface area contributed by atoms with Crippen LogP contribution in [0, 0.1) is 0 Å². The molecule has 1 aromatic heterocycles. The zero-order valence-corrected chi connectivity index (χ0v) is 18.7. The lowest BCUT2D eigenvalue weighted by Gasteiger charge is -2.37. The topological polar surface area (TPSA) is 62.2 Å². The van der Waals surface area contributed by atoms with Gasteiger partial charge in [-0.3, -0.25) is 4.99 Å². The molecule has 0 atom stereocenters. The van der Waals surface area contributed by atoms with Crippen LogP contribution in [-0.2, 0) is 0 Å². The summed E-state index contributed by atoms with van der Waals surface area (Å²) < 4.78 is 11.0. The number of pyridine rings is 1. The molecule has 1 fully saturated rings. The highest BCUT2D eigenvalue weighted by atomic mass is 127. The summed E-state index contributed by atoms with van der Waals surface area (Å²) in [5.41, 5.74) is 0. The van der Waals surface area contributed by atoms with Crippen LogP contribution in [0.3, 0.4) is 0 Å². The number of hydrogen-bond donors (Lipinski definition) is 1. The lowest BCUT2D eigenvalue weighted by atomic mass is 10.3. The zero-order valence-electron chi connectivity index (χ0n) is 16.4. The highest BCUT2D eigenvalue weighted by Crippen LogP contribution is 2.18. The van der Waals surface area contributed by atoms with Crippen molar-refractivity contribution >= 4 is 35.8 Å². The molecule has 0 amide bonds. The summed E-state index contributed by atoms with van der Waals surface area (Å²) in [5.74, 6) is 3.54. The van der Waals surface area contributed by atoms with Crippen molar-refractivity contribution in [1.82, 2.24) is 15.2 Å². The summed E-state index contributed by atoms with van der Waals surface area (Å²) in [7, 11) is 3.47. The second-order valence-corrected chi connectivity index (χ2v) is 6.16. The Kier molecular flexibility index (Phi) is 9.12. The van der Waals surface area contributed by atoms with Gasteiger partial charge in [-0.1, -0.05) is 12.1 Å². The summed E-state index contributed by atoms with van der Waals surface area (Å²) in [4.78, 5) is 13.4. The van der Waals surface area contributed by atoms with Crippen LogP contribution in [0.15, 0.2) is 53.7 Å². The van der Waals surface area contributed by atoms with Crippen molar-refractivity contribution in [2.45, 2.75) is 0 Å². The molecule has 3 rings (SSSR count). The third-order valence-electron chi connectivity index (χ3n) is 4.46. The monoisotopic (exact) mass is 497 g/mol. The van der Waals surface area contributed by atoms with Crippen molar-refractivity contribution in [3.05, 3.63) is 48.7 Å². The summed E-state index contributed by atoms with van der Waals surface area (Å²) in [5, 5.41) is 3.38. The number of anilines is 1. The van der Waals surface area contributed by atoms with Crippen molar-refractivity contribution < 1.29 is 9.47 Å². The van der Waals surface area contributed by atoms with Gasteiger partial charge >= 0.3 is 0 Å². The number of rotatable bonds is 6. The predicted octanol–water partition coefficient (Wildman–Crippen LogP) is 2.48. The maximum Gasteiger partial charge on any atom is 0.193 e. The van der Waals surface area contributed by atoms with E-state index >= 15 is 0 Å². The van der Waals surface area contributed by atoms with Gasteiger partial charge in [-0.15, -0.1) is 24.0 Å². The molecule has 0 bridgehead atoms. The molecule has 0 unspecified atom stereocenters. The first-order valence-corrected chi connectivity index (χ1v) is 9.18. The van der Waals surface area contributed by atoms with Crippen LogP contribution in [-0.4, -0.2) is 69.3 Å². The van der Waals surface area contributed by atoms with Crippen LogP contribution in [0.1, 0.15) is 0 Å². The Morgan fingerprint density at radius 3 is 2.57 bits per heavy atom. The molecule has 152 valence electrons. The smallest absolute Gasteiger partial charge is 0.193 e. The van der Waals surface area contributed by atoms with E-state index in [9.17, 15) is 0 Å². The fourth-order valence-electron chi connectivity index (χ4n) is 3.04. The third-order valence-corrected chi connectivity index (χ3v) is 4.46. The first-order chi connectivity index (χ1) is 13.3. The van der Waals surface area contributed by atoms with Gasteiger partial charge in [0.15, 0.2) is 5.96 Å². The number of benzene rings is 1. The van der Waals surface area contributed by atoms with Crippen molar-refractivity contribution in [1.29, 1.82) is 0 Å². The van der Waals surface area contributed by atoms with Crippen molar-refractivity contribution in [3.63, 3.8) is 0 Å². The van der Waals surface area contributed by atoms with E-state index in [1.54, 1.807) is 7.11 Å². The van der Waals surface area contributed by atoms with E-state index in [0.29, 0.717) is 13.2 Å². The van der Waals surface area contributed by atoms with Crippen LogP contribution in [0.4, 0.5) is 5.82 Å². The van der Waals surface area contributed by atoms with E-state index in [-0.39, 0.29) is 24.0 Å². The number of nitrogens with one attached hydrogen (secondary N) is 1. The van der Waals surface area contributed by atoms with E-state index in [1.165, 1.54) is 0 Å². The molecule has 0 saturated carbocycles. The van der Waals surface area contributed by atoms with Gasteiger partial charge < -0.3 is 24.6 Å². The highest BCUT2D eigenvalue weighted by molar-refractivity contribution is 14.0. The normalized spacial score (nSPS) is 14.3. The molecule has 7 nitrogen and oxygen atoms in total. The molecule has 1 saturated heterocycles. The summed E-state index contributed by atoms with van der Waals surface area (Å²) in [6, 6.07) is 13.6. The van der Waals surface area contributed by atoms with E-state index in [1.807, 2.05) is 49.6 Å². The number of guanidine groups is 1. The molecule has 28 heavy (non-hydrogen) atoms. The summed E-state index contributed by atoms with van der Waals surface area (Å²) in [6.45, 7) is 4.92. The lowest BCUT2D eigenvalue weighted by molar-refractivity contribution is 0.312. The number of aliphatic imine (C=N–C) groups is 1. The molecular formula is C20H28IN5O2. The highest BCUT2D eigenvalue weighted by Gasteiger charge is 2.20. The third kappa shape index (κ3) is 6.15. The minimum atomic E-state index is 0. The quantitative estimate of drug-likeness (QED) is 0.287. The van der Waals surface area contributed by atoms with Crippen LogP contribution in [0.2, 0.25) is 0 Å². The van der Waals surface area contributed by atoms with Gasteiger partial charge in [0.2, 0.25) is 0 Å². The molecule has 0 aliphatic carbocycles. The second kappa shape index (κ2) is 11.6. The fourth-order valence-corrected chi connectivity index (χ4v) is 3.04. The Bertz CT molecular complexity index is 736. The Labute approximate surface area is 183 Å². The van der Waals surface area contributed by atoms with E-state index in [2.05, 4.69) is 31.2 Å². The number of methoxy groups -OCH3 is 1. The van der Waals surface area contributed by atoms with Gasteiger partial charge in [0.25, 0.3) is 0 Å². The number of nitrogens with zero attached hydrogens (tertiary/aromatic N) is 4. The van der Waals surface area contributed by atoms with Crippen molar-refractivity contribution in [3.8, 4) is 11.5 Å². The standard InChI is InChI=1S/C20H27N5O2.HI/c1-21-20(23-10-15-27-18-7-5-6-17(16-18)26-2)25-13-11-24(12-14-25)19-8-3-4-9-22-19;/h3-9,16H,10-15H2,1-2H3,(H,21,23);1H. The molecule has 8 heteroatoms. The maximum atomic E-state index is 5.77. The molecule has 0 radical (unpaired) electrons. The average molecular weight is 497 g/mol. The summed E-state index contributed by atoms with van der Waals surface area (Å²) in [6.07, 6.45) is 1.84. The van der Waals surface area contributed by atoms with Gasteiger partial charge in [0.05, 0.1) is 13.7 Å². The number of halogens is 1. The Morgan fingerprint density at radius 2 is 1.89 bits per heavy atom. The average Bonchev–Trinajstić information content (AvgIpc) is 2.75.